The van der Waals surface area contributed by atoms with Crippen LogP contribution in [0.25, 0.3) is 22.3 Å². The monoisotopic (exact) mass is 361 g/mol. The van der Waals surface area contributed by atoms with Crippen molar-refractivity contribution >= 4 is 22.6 Å². The molecule has 0 amide bonds. The number of phenols is 1. The first-order valence-corrected chi connectivity index (χ1v) is 8.38. The van der Waals surface area contributed by atoms with E-state index in [9.17, 15) is 14.6 Å². The molecule has 0 aliphatic heterocycles. The molecule has 1 fully saturated rings. The Morgan fingerprint density at radius 2 is 2.00 bits per heavy atom. The molecule has 0 unspecified atom stereocenters. The predicted molar refractivity (Wildman–Crippen MR) is 93.2 cm³/mol. The summed E-state index contributed by atoms with van der Waals surface area (Å²) in [4.78, 5) is 0. The summed E-state index contributed by atoms with van der Waals surface area (Å²) in [6, 6.07) is 4.72. The van der Waals surface area contributed by atoms with Gasteiger partial charge in [0, 0.05) is 22.8 Å². The molecule has 4 rings (SSSR count). The highest BCUT2D eigenvalue weighted by Crippen LogP contribution is 2.43. The lowest BCUT2D eigenvalue weighted by Crippen LogP contribution is -2.41. The molecular formula is C18H17ClFN3O2. The molecule has 2 aromatic heterocycles. The maximum atomic E-state index is 14.4. The summed E-state index contributed by atoms with van der Waals surface area (Å²) in [7, 11) is 0. The Morgan fingerprint density at radius 1 is 1.28 bits per heavy atom. The SMILES string of the molecule is Cc1cc(Cl)cc(O)c1-c1cc2c(F)cn(C3CC(C)(O)C3)c2nn1. The molecular weight excluding hydrogens is 345 g/mol. The first-order chi connectivity index (χ1) is 11.7. The fourth-order valence-corrected chi connectivity index (χ4v) is 3.88. The highest BCUT2D eigenvalue weighted by Gasteiger charge is 2.40. The Bertz CT molecular complexity index is 968. The van der Waals surface area contributed by atoms with Gasteiger partial charge >= 0.3 is 0 Å². The summed E-state index contributed by atoms with van der Waals surface area (Å²) in [6.45, 7) is 3.56. The van der Waals surface area contributed by atoms with E-state index in [1.165, 1.54) is 12.3 Å². The van der Waals surface area contributed by atoms with Crippen LogP contribution in [0.1, 0.15) is 31.4 Å². The summed E-state index contributed by atoms with van der Waals surface area (Å²) < 4.78 is 16.2. The van der Waals surface area contributed by atoms with Gasteiger partial charge in [0.2, 0.25) is 0 Å². The van der Waals surface area contributed by atoms with Gasteiger partial charge in [-0.2, -0.15) is 0 Å². The van der Waals surface area contributed by atoms with Crippen LogP contribution < -0.4 is 0 Å². The second kappa shape index (κ2) is 5.41. The molecule has 0 saturated heterocycles. The van der Waals surface area contributed by atoms with Gasteiger partial charge in [0.15, 0.2) is 11.5 Å². The van der Waals surface area contributed by atoms with E-state index in [1.807, 2.05) is 0 Å². The van der Waals surface area contributed by atoms with Crippen LogP contribution in [0.15, 0.2) is 24.4 Å². The van der Waals surface area contributed by atoms with Crippen molar-refractivity contribution in [1.29, 1.82) is 0 Å². The van der Waals surface area contributed by atoms with E-state index < -0.39 is 11.4 Å². The lowest BCUT2D eigenvalue weighted by molar-refractivity contribution is -0.0499. The van der Waals surface area contributed by atoms with E-state index in [0.29, 0.717) is 40.2 Å². The quantitative estimate of drug-likeness (QED) is 0.724. The number of aliphatic hydroxyl groups is 1. The van der Waals surface area contributed by atoms with Crippen molar-refractivity contribution in [1.82, 2.24) is 14.8 Å². The molecule has 1 aromatic carbocycles. The highest BCUT2D eigenvalue weighted by molar-refractivity contribution is 6.31. The Hall–Kier alpha value is -2.18. The topological polar surface area (TPSA) is 71.2 Å². The number of aryl methyl sites for hydroxylation is 1. The Balaban J connectivity index is 1.81. The van der Waals surface area contributed by atoms with Gasteiger partial charge in [-0.3, -0.25) is 0 Å². The average molecular weight is 362 g/mol. The van der Waals surface area contributed by atoms with Crippen molar-refractivity contribution < 1.29 is 14.6 Å². The van der Waals surface area contributed by atoms with Crippen LogP contribution in [0.4, 0.5) is 4.39 Å². The summed E-state index contributed by atoms with van der Waals surface area (Å²) in [5.74, 6) is -0.419. The van der Waals surface area contributed by atoms with E-state index in [0.717, 1.165) is 5.56 Å². The Kier molecular flexibility index (Phi) is 3.53. The third-order valence-electron chi connectivity index (χ3n) is 4.81. The first kappa shape index (κ1) is 16.3. The number of nitrogens with zero attached hydrogens (tertiary/aromatic N) is 3. The third kappa shape index (κ3) is 2.65. The first-order valence-electron chi connectivity index (χ1n) is 8.01. The molecule has 0 spiro atoms. The molecule has 1 aliphatic rings. The fraction of sp³-hybridized carbons (Fsp3) is 0.333. The zero-order valence-electron chi connectivity index (χ0n) is 13.8. The van der Waals surface area contributed by atoms with Crippen LogP contribution in [0, 0.1) is 12.7 Å². The van der Waals surface area contributed by atoms with Gasteiger partial charge in [-0.25, -0.2) is 4.39 Å². The number of aromatic nitrogens is 3. The lowest BCUT2D eigenvalue weighted by Gasteiger charge is -2.41. The molecule has 3 aromatic rings. The van der Waals surface area contributed by atoms with Crippen LogP contribution in [0.2, 0.25) is 5.02 Å². The smallest absolute Gasteiger partial charge is 0.165 e. The molecule has 7 heteroatoms. The Labute approximate surface area is 148 Å². The zero-order chi connectivity index (χ0) is 17.9. The van der Waals surface area contributed by atoms with Gasteiger partial charge in [-0.15, -0.1) is 10.2 Å². The molecule has 0 bridgehead atoms. The summed E-state index contributed by atoms with van der Waals surface area (Å²) in [5, 5.41) is 29.2. The highest BCUT2D eigenvalue weighted by atomic mass is 35.5. The number of phenolic OH excluding ortho intramolecular Hbond substituents is 1. The van der Waals surface area contributed by atoms with Crippen LogP contribution in [-0.4, -0.2) is 30.6 Å². The number of hydrogen-bond donors (Lipinski definition) is 2. The summed E-state index contributed by atoms with van der Waals surface area (Å²) in [6.07, 6.45) is 2.51. The number of aromatic hydroxyl groups is 1. The zero-order valence-corrected chi connectivity index (χ0v) is 14.5. The minimum atomic E-state index is -0.711. The second-order valence-corrected chi connectivity index (χ2v) is 7.46. The van der Waals surface area contributed by atoms with Gasteiger partial charge in [-0.1, -0.05) is 11.6 Å². The second-order valence-electron chi connectivity index (χ2n) is 7.03. The van der Waals surface area contributed by atoms with Crippen molar-refractivity contribution in [2.24, 2.45) is 0 Å². The maximum Gasteiger partial charge on any atom is 0.165 e. The molecule has 1 saturated carbocycles. The molecule has 2 heterocycles. The molecule has 0 atom stereocenters. The molecule has 0 radical (unpaired) electrons. The van der Waals surface area contributed by atoms with Crippen molar-refractivity contribution in [3.63, 3.8) is 0 Å². The molecule has 5 nitrogen and oxygen atoms in total. The van der Waals surface area contributed by atoms with Crippen molar-refractivity contribution in [2.45, 2.75) is 38.3 Å². The van der Waals surface area contributed by atoms with E-state index >= 15 is 0 Å². The number of halogens is 2. The van der Waals surface area contributed by atoms with Crippen LogP contribution in [-0.2, 0) is 0 Å². The van der Waals surface area contributed by atoms with Gasteiger partial charge in [0.25, 0.3) is 0 Å². The van der Waals surface area contributed by atoms with Gasteiger partial charge in [0.05, 0.1) is 16.7 Å². The van der Waals surface area contributed by atoms with Crippen molar-refractivity contribution in [3.05, 3.63) is 40.8 Å². The van der Waals surface area contributed by atoms with Gasteiger partial charge in [-0.05, 0) is 50.5 Å². The molecule has 130 valence electrons. The maximum absolute atomic E-state index is 14.4. The van der Waals surface area contributed by atoms with E-state index in [1.54, 1.807) is 30.5 Å². The molecule has 1 aliphatic carbocycles. The number of hydrogen-bond acceptors (Lipinski definition) is 4. The molecule has 2 N–H and O–H groups in total. The minimum absolute atomic E-state index is 0.00724. The largest absolute Gasteiger partial charge is 0.507 e. The standard InChI is InChI=1S/C18H17ClFN3O2/c1-9-3-10(19)4-15(24)16(9)14-5-12-13(20)8-23(17(12)22-21-14)11-6-18(2,25)7-11/h3-5,8,11,24-25H,6-7H2,1-2H3. The summed E-state index contributed by atoms with van der Waals surface area (Å²) in [5.41, 5.74) is 1.33. The Morgan fingerprint density at radius 3 is 2.64 bits per heavy atom. The number of fused-ring (bicyclic) bond motifs is 1. The minimum Gasteiger partial charge on any atom is -0.507 e. The summed E-state index contributed by atoms with van der Waals surface area (Å²) >= 11 is 5.93. The van der Waals surface area contributed by atoms with Crippen molar-refractivity contribution in [2.75, 3.05) is 0 Å². The fourth-order valence-electron chi connectivity index (χ4n) is 3.62. The van der Waals surface area contributed by atoms with Crippen LogP contribution in [0.5, 0.6) is 5.75 Å². The van der Waals surface area contributed by atoms with E-state index in [2.05, 4.69) is 10.2 Å². The van der Waals surface area contributed by atoms with Crippen LogP contribution in [0.3, 0.4) is 0 Å². The van der Waals surface area contributed by atoms with Crippen LogP contribution >= 0.6 is 11.6 Å². The third-order valence-corrected chi connectivity index (χ3v) is 5.03. The van der Waals surface area contributed by atoms with Crippen molar-refractivity contribution in [3.8, 4) is 17.0 Å². The lowest BCUT2D eigenvalue weighted by atomic mass is 9.77. The van der Waals surface area contributed by atoms with Gasteiger partial charge in [0.1, 0.15) is 5.75 Å². The number of benzene rings is 1. The van der Waals surface area contributed by atoms with Gasteiger partial charge < -0.3 is 14.8 Å². The average Bonchev–Trinajstić information content (AvgIpc) is 2.80. The number of rotatable bonds is 2. The normalized spacial score (nSPS) is 23.0. The van der Waals surface area contributed by atoms with E-state index in [-0.39, 0.29) is 11.8 Å². The molecule has 25 heavy (non-hydrogen) atoms. The predicted octanol–water partition coefficient (Wildman–Crippen LogP) is 3.99. The van der Waals surface area contributed by atoms with E-state index in [4.69, 9.17) is 11.6 Å².